The highest BCUT2D eigenvalue weighted by Crippen LogP contribution is 2.66. The number of hydrogen-bond acceptors (Lipinski definition) is 7. The number of allylic oxidation sites excluding steroid dienone is 1. The molecular formula is C24H32O6S. The van der Waals surface area contributed by atoms with Crippen molar-refractivity contribution in [1.82, 2.24) is 0 Å². The molecule has 6 atom stereocenters. The summed E-state index contributed by atoms with van der Waals surface area (Å²) in [6, 6.07) is 0. The molecule has 170 valence electrons. The fourth-order valence-electron chi connectivity index (χ4n) is 5.53. The van der Waals surface area contributed by atoms with Gasteiger partial charge in [0.05, 0.1) is 0 Å². The van der Waals surface area contributed by atoms with Crippen molar-refractivity contribution >= 4 is 29.7 Å². The molecule has 6 nitrogen and oxygen atoms in total. The Morgan fingerprint density at radius 3 is 2.58 bits per heavy atom. The second-order valence-electron chi connectivity index (χ2n) is 9.15. The Morgan fingerprint density at radius 2 is 2.00 bits per heavy atom. The van der Waals surface area contributed by atoms with Gasteiger partial charge in [0, 0.05) is 17.6 Å². The van der Waals surface area contributed by atoms with Crippen LogP contribution >= 0.6 is 11.8 Å². The van der Waals surface area contributed by atoms with Crippen molar-refractivity contribution in [3.8, 4) is 0 Å². The zero-order valence-corrected chi connectivity index (χ0v) is 19.8. The van der Waals surface area contributed by atoms with Crippen LogP contribution in [-0.2, 0) is 28.6 Å². The lowest BCUT2D eigenvalue weighted by atomic mass is 9.61. The summed E-state index contributed by atoms with van der Waals surface area (Å²) >= 11 is 1.41. The van der Waals surface area contributed by atoms with Crippen molar-refractivity contribution in [3.63, 3.8) is 0 Å². The van der Waals surface area contributed by atoms with Crippen LogP contribution in [-0.4, -0.2) is 43.0 Å². The summed E-state index contributed by atoms with van der Waals surface area (Å²) in [6.07, 6.45) is 5.64. The zero-order chi connectivity index (χ0) is 23.0. The Kier molecular flexibility index (Phi) is 6.75. The van der Waals surface area contributed by atoms with E-state index in [-0.39, 0.29) is 23.9 Å². The minimum absolute atomic E-state index is 0.119. The molecular weight excluding hydrogens is 416 g/mol. The lowest BCUT2D eigenvalue weighted by Crippen LogP contribution is -2.50. The number of thioether (sulfide) groups is 1. The predicted molar refractivity (Wildman–Crippen MR) is 119 cm³/mol. The Hall–Kier alpha value is -2.02. The first-order valence-corrected chi connectivity index (χ1v) is 12.0. The summed E-state index contributed by atoms with van der Waals surface area (Å²) < 4.78 is 17.3. The highest BCUT2D eigenvalue weighted by molar-refractivity contribution is 8.01. The number of carbonyl (C=O) groups excluding carboxylic acids is 3. The maximum Gasteiger partial charge on any atom is 0.333 e. The lowest BCUT2D eigenvalue weighted by Gasteiger charge is -2.46. The van der Waals surface area contributed by atoms with Crippen LogP contribution in [0.25, 0.3) is 0 Å². The highest BCUT2D eigenvalue weighted by atomic mass is 32.2. The van der Waals surface area contributed by atoms with Gasteiger partial charge in [-0.05, 0) is 61.7 Å². The lowest BCUT2D eigenvalue weighted by molar-refractivity contribution is -0.171. The first-order valence-electron chi connectivity index (χ1n) is 10.7. The number of ether oxygens (including phenoxy) is 3. The van der Waals surface area contributed by atoms with E-state index in [1.165, 1.54) is 17.8 Å². The summed E-state index contributed by atoms with van der Waals surface area (Å²) in [5, 5.41) is 1.67. The van der Waals surface area contributed by atoms with Crippen LogP contribution in [0.4, 0.5) is 0 Å². The van der Waals surface area contributed by atoms with E-state index in [1.807, 2.05) is 6.26 Å². The van der Waals surface area contributed by atoms with Gasteiger partial charge in [0.2, 0.25) is 0 Å². The van der Waals surface area contributed by atoms with Gasteiger partial charge in [-0.2, -0.15) is 0 Å². The number of carbonyl (C=O) groups is 3. The monoisotopic (exact) mass is 448 g/mol. The van der Waals surface area contributed by atoms with Gasteiger partial charge in [-0.1, -0.05) is 26.5 Å². The van der Waals surface area contributed by atoms with E-state index in [9.17, 15) is 14.4 Å². The van der Waals surface area contributed by atoms with E-state index in [0.29, 0.717) is 24.0 Å². The van der Waals surface area contributed by atoms with Crippen LogP contribution < -0.4 is 0 Å². The third-order valence-electron chi connectivity index (χ3n) is 7.61. The Labute approximate surface area is 188 Å². The third kappa shape index (κ3) is 3.86. The fraction of sp³-hybridized carbons (Fsp3) is 0.625. The minimum Gasteiger partial charge on any atom is -0.460 e. The van der Waals surface area contributed by atoms with Gasteiger partial charge in [-0.25, -0.2) is 9.59 Å². The second-order valence-corrected chi connectivity index (χ2v) is 9.89. The smallest absolute Gasteiger partial charge is 0.333 e. The predicted octanol–water partition coefficient (Wildman–Crippen LogP) is 4.21. The SMILES string of the molecule is C=C1COC(=O)[C@]12C[C@@]1(C)[C@H]([C@@H](OC(=O)/C=C\SC)CC[C@@H]1C)[C@H]2OC(=O)/C(C)=C\C. The number of esters is 3. The molecule has 0 aromatic carbocycles. The van der Waals surface area contributed by atoms with Crippen molar-refractivity contribution in [2.24, 2.45) is 22.7 Å². The van der Waals surface area contributed by atoms with Crippen molar-refractivity contribution in [2.75, 3.05) is 12.9 Å². The van der Waals surface area contributed by atoms with Crippen LogP contribution in [0.5, 0.6) is 0 Å². The van der Waals surface area contributed by atoms with Gasteiger partial charge in [-0.15, -0.1) is 11.8 Å². The van der Waals surface area contributed by atoms with Gasteiger partial charge in [0.25, 0.3) is 0 Å². The number of cyclic esters (lactones) is 1. The molecule has 1 heterocycles. The summed E-state index contributed by atoms with van der Waals surface area (Å²) in [6.45, 7) is 11.9. The van der Waals surface area contributed by atoms with E-state index in [2.05, 4.69) is 20.4 Å². The van der Waals surface area contributed by atoms with Crippen LogP contribution in [0.3, 0.4) is 0 Å². The molecule has 0 N–H and O–H groups in total. The normalized spacial score (nSPS) is 37.8. The molecule has 1 saturated heterocycles. The first kappa shape index (κ1) is 23.6. The summed E-state index contributed by atoms with van der Waals surface area (Å²) in [7, 11) is 0. The van der Waals surface area contributed by atoms with Crippen LogP contribution in [0.1, 0.15) is 47.0 Å². The quantitative estimate of drug-likeness (QED) is 0.270. The second kappa shape index (κ2) is 8.85. The molecule has 0 bridgehead atoms. The average Bonchev–Trinajstić information content (AvgIpc) is 3.18. The summed E-state index contributed by atoms with van der Waals surface area (Å²) in [5.74, 6) is -1.39. The highest BCUT2D eigenvalue weighted by Gasteiger charge is 2.72. The van der Waals surface area contributed by atoms with E-state index >= 15 is 0 Å². The van der Waals surface area contributed by atoms with Crippen molar-refractivity contribution < 1.29 is 28.6 Å². The molecule has 3 fully saturated rings. The van der Waals surface area contributed by atoms with Crippen LogP contribution in [0.2, 0.25) is 0 Å². The van der Waals surface area contributed by atoms with Gasteiger partial charge in [0.1, 0.15) is 24.2 Å². The van der Waals surface area contributed by atoms with E-state index in [1.54, 1.807) is 25.3 Å². The van der Waals surface area contributed by atoms with Crippen molar-refractivity contribution in [2.45, 2.75) is 59.2 Å². The first-order chi connectivity index (χ1) is 14.6. The van der Waals surface area contributed by atoms with Gasteiger partial charge in [-0.3, -0.25) is 4.79 Å². The molecule has 0 aromatic rings. The third-order valence-corrected chi connectivity index (χ3v) is 8.02. The molecule has 2 saturated carbocycles. The molecule has 7 heteroatoms. The molecule has 31 heavy (non-hydrogen) atoms. The molecule has 3 rings (SSSR count). The summed E-state index contributed by atoms with van der Waals surface area (Å²) in [4.78, 5) is 38.3. The minimum atomic E-state index is -1.11. The Morgan fingerprint density at radius 1 is 1.29 bits per heavy atom. The standard InChI is InChI=1S/C24H32O6S/c1-7-14(2)21(26)30-20-19-17(29-18(25)10-11-31-6)9-8-15(3)23(19,5)13-24(20)16(4)12-28-22(24)27/h7,10-11,15,17,19-20H,4,8-9,12-13H2,1-3,5-6H3/b11-10-,14-7-/t15-,17-,19+,20+,23+,24+/m0/s1. The van der Waals surface area contributed by atoms with Gasteiger partial charge < -0.3 is 14.2 Å². The molecule has 0 radical (unpaired) electrons. The van der Waals surface area contributed by atoms with E-state index in [4.69, 9.17) is 14.2 Å². The average molecular weight is 449 g/mol. The van der Waals surface area contributed by atoms with E-state index in [0.717, 1.165) is 6.42 Å². The molecule has 2 aliphatic carbocycles. The zero-order valence-electron chi connectivity index (χ0n) is 18.9. The fourth-order valence-corrected chi connectivity index (χ4v) is 5.78. The molecule has 0 unspecified atom stereocenters. The van der Waals surface area contributed by atoms with Crippen molar-refractivity contribution in [3.05, 3.63) is 35.3 Å². The number of fused-ring (bicyclic) bond motifs is 1. The maximum absolute atomic E-state index is 13.1. The van der Waals surface area contributed by atoms with Crippen LogP contribution in [0, 0.1) is 22.7 Å². The summed E-state index contributed by atoms with van der Waals surface area (Å²) in [5.41, 5.74) is -0.403. The largest absolute Gasteiger partial charge is 0.460 e. The van der Waals surface area contributed by atoms with Gasteiger partial charge in [0.15, 0.2) is 0 Å². The molecule has 1 spiro atoms. The van der Waals surface area contributed by atoms with Gasteiger partial charge >= 0.3 is 17.9 Å². The molecule has 3 aliphatic rings. The number of hydrogen-bond donors (Lipinski definition) is 0. The van der Waals surface area contributed by atoms with E-state index < -0.39 is 35.5 Å². The number of rotatable bonds is 5. The topological polar surface area (TPSA) is 78.9 Å². The molecule has 0 aromatic heterocycles. The molecule has 1 aliphatic heterocycles. The van der Waals surface area contributed by atoms with Crippen molar-refractivity contribution in [1.29, 1.82) is 0 Å². The Bertz CT molecular complexity index is 827. The van der Waals surface area contributed by atoms with Crippen LogP contribution in [0.15, 0.2) is 35.3 Å². The maximum atomic E-state index is 13.1. The Balaban J connectivity index is 2.07. The molecule has 0 amide bonds.